The average Bonchev–Trinajstić information content (AvgIpc) is 2.66. The summed E-state index contributed by atoms with van der Waals surface area (Å²) < 4.78 is 0. The highest BCUT2D eigenvalue weighted by Gasteiger charge is 2.33. The molecule has 0 fully saturated rings. The molecule has 2 aliphatic carbocycles. The first kappa shape index (κ1) is 18.3. The van der Waals surface area contributed by atoms with Crippen LogP contribution in [0.3, 0.4) is 0 Å². The molecule has 0 aromatic heterocycles. The lowest BCUT2D eigenvalue weighted by atomic mass is 9.75. The van der Waals surface area contributed by atoms with Crippen molar-refractivity contribution in [2.75, 3.05) is 6.54 Å². The molecule has 1 unspecified atom stereocenters. The molecular weight excluding hydrogens is 302 g/mol. The maximum absolute atomic E-state index is 2.68. The molecule has 0 N–H and O–H groups in total. The van der Waals surface area contributed by atoms with Gasteiger partial charge in [0.05, 0.1) is 0 Å². The highest BCUT2D eigenvalue weighted by molar-refractivity contribution is 5.48. The Kier molecular flexibility index (Phi) is 6.39. The second kappa shape index (κ2) is 8.74. The second-order valence-corrected chi connectivity index (χ2v) is 7.58. The van der Waals surface area contributed by atoms with E-state index in [0.29, 0.717) is 5.92 Å². The lowest BCUT2D eigenvalue weighted by molar-refractivity contribution is 0.369. The summed E-state index contributed by atoms with van der Waals surface area (Å²) in [4.78, 5) is 2.68. The number of hydrogen-bond donors (Lipinski definition) is 0. The van der Waals surface area contributed by atoms with E-state index >= 15 is 0 Å². The Hall–Kier alpha value is -1.50. The van der Waals surface area contributed by atoms with Crippen molar-refractivity contribution in [1.82, 2.24) is 4.90 Å². The molecule has 0 spiro atoms. The smallest absolute Gasteiger partial charge is 0.0403 e. The van der Waals surface area contributed by atoms with E-state index in [4.69, 9.17) is 0 Å². The number of nitrogens with zero attached hydrogens (tertiary/aromatic N) is 1. The molecule has 0 saturated carbocycles. The zero-order chi connectivity index (χ0) is 17.6. The summed E-state index contributed by atoms with van der Waals surface area (Å²) in [6.07, 6.45) is 23.2. The molecule has 1 aliphatic heterocycles. The van der Waals surface area contributed by atoms with Crippen molar-refractivity contribution in [3.05, 3.63) is 58.5 Å². The molecule has 0 saturated heterocycles. The van der Waals surface area contributed by atoms with Gasteiger partial charge in [-0.05, 0) is 68.6 Å². The third-order valence-electron chi connectivity index (χ3n) is 5.92. The van der Waals surface area contributed by atoms with E-state index < -0.39 is 0 Å². The van der Waals surface area contributed by atoms with Gasteiger partial charge in [-0.1, -0.05) is 57.1 Å². The quantitative estimate of drug-likeness (QED) is 0.449. The maximum Gasteiger partial charge on any atom is 0.0403 e. The van der Waals surface area contributed by atoms with E-state index in [0.717, 1.165) is 6.42 Å². The normalized spacial score (nSPS) is 23.2. The van der Waals surface area contributed by atoms with Crippen molar-refractivity contribution in [3.63, 3.8) is 0 Å². The van der Waals surface area contributed by atoms with E-state index in [9.17, 15) is 0 Å². The van der Waals surface area contributed by atoms with Crippen LogP contribution in [0.15, 0.2) is 58.5 Å². The van der Waals surface area contributed by atoms with Crippen LogP contribution in [0.5, 0.6) is 0 Å². The Morgan fingerprint density at radius 3 is 2.68 bits per heavy atom. The lowest BCUT2D eigenvalue weighted by Gasteiger charge is -2.42. The highest BCUT2D eigenvalue weighted by Crippen LogP contribution is 2.46. The van der Waals surface area contributed by atoms with Gasteiger partial charge in [0.2, 0.25) is 0 Å². The maximum atomic E-state index is 2.68. The first-order valence-corrected chi connectivity index (χ1v) is 10.5. The van der Waals surface area contributed by atoms with E-state index in [1.165, 1.54) is 57.9 Å². The first-order chi connectivity index (χ1) is 12.3. The van der Waals surface area contributed by atoms with Crippen LogP contribution in [0.4, 0.5) is 0 Å². The zero-order valence-electron chi connectivity index (χ0n) is 16.5. The highest BCUT2D eigenvalue weighted by atomic mass is 15.2. The lowest BCUT2D eigenvalue weighted by Crippen LogP contribution is -2.34. The summed E-state index contributed by atoms with van der Waals surface area (Å²) in [5.74, 6) is 0.613. The van der Waals surface area contributed by atoms with Crippen LogP contribution in [0.25, 0.3) is 0 Å². The van der Waals surface area contributed by atoms with Crippen LogP contribution in [-0.4, -0.2) is 11.4 Å². The van der Waals surface area contributed by atoms with Gasteiger partial charge in [-0.3, -0.25) is 0 Å². The van der Waals surface area contributed by atoms with Gasteiger partial charge in [-0.25, -0.2) is 0 Å². The fourth-order valence-corrected chi connectivity index (χ4v) is 4.62. The summed E-state index contributed by atoms with van der Waals surface area (Å²) in [5.41, 5.74) is 8.15. The molecule has 25 heavy (non-hydrogen) atoms. The van der Waals surface area contributed by atoms with Gasteiger partial charge in [0.15, 0.2) is 0 Å². The van der Waals surface area contributed by atoms with Gasteiger partial charge in [0.1, 0.15) is 0 Å². The Morgan fingerprint density at radius 1 is 1.12 bits per heavy atom. The number of allylic oxidation sites excluding steroid dienone is 9. The molecule has 136 valence electrons. The summed E-state index contributed by atoms with van der Waals surface area (Å²) in [6.45, 7) is 8.07. The van der Waals surface area contributed by atoms with Crippen molar-refractivity contribution in [3.8, 4) is 0 Å². The van der Waals surface area contributed by atoms with E-state index in [1.54, 1.807) is 28.1 Å². The predicted molar refractivity (Wildman–Crippen MR) is 109 cm³/mol. The third kappa shape index (κ3) is 3.86. The molecule has 1 nitrogen and oxygen atoms in total. The number of rotatable bonds is 7. The molecule has 1 atom stereocenters. The van der Waals surface area contributed by atoms with Crippen molar-refractivity contribution >= 4 is 0 Å². The minimum Gasteiger partial charge on any atom is -0.345 e. The molecule has 1 heteroatoms. The molecule has 0 amide bonds. The average molecular weight is 338 g/mol. The van der Waals surface area contributed by atoms with Crippen molar-refractivity contribution in [2.24, 2.45) is 5.92 Å². The fourth-order valence-electron chi connectivity index (χ4n) is 4.62. The summed E-state index contributed by atoms with van der Waals surface area (Å²) in [5, 5.41) is 0. The number of hydrogen-bond acceptors (Lipinski definition) is 1. The monoisotopic (exact) mass is 337 g/mol. The van der Waals surface area contributed by atoms with Crippen molar-refractivity contribution in [2.45, 2.75) is 78.6 Å². The molecule has 0 aromatic rings. The molecule has 0 aromatic carbocycles. The fraction of sp³-hybridized carbons (Fsp3) is 0.583. The van der Waals surface area contributed by atoms with E-state index in [-0.39, 0.29) is 0 Å². The Balaban J connectivity index is 2.00. The standard InChI is InChI=1S/C24H35N/c1-4-7-17-25-23-15-10-8-13-20(23)22(18-19(6-3)12-5-2)21-14-9-11-16-24(21)25/h8,11-13,16,22H,4-7,9-10,14-15,17-18H2,1-3H3/b19-12+. The van der Waals surface area contributed by atoms with Crippen LogP contribution in [-0.2, 0) is 0 Å². The summed E-state index contributed by atoms with van der Waals surface area (Å²) in [6, 6.07) is 0. The van der Waals surface area contributed by atoms with Crippen molar-refractivity contribution < 1.29 is 0 Å². The minimum atomic E-state index is 0.613. The largest absolute Gasteiger partial charge is 0.345 e. The summed E-state index contributed by atoms with van der Waals surface area (Å²) >= 11 is 0. The Morgan fingerprint density at radius 2 is 1.92 bits per heavy atom. The molecule has 3 aliphatic rings. The predicted octanol–water partition coefficient (Wildman–Crippen LogP) is 7.06. The minimum absolute atomic E-state index is 0.613. The van der Waals surface area contributed by atoms with E-state index in [2.05, 4.69) is 56.1 Å². The Bertz CT molecular complexity index is 626. The molecule has 3 rings (SSSR count). The first-order valence-electron chi connectivity index (χ1n) is 10.5. The third-order valence-corrected chi connectivity index (χ3v) is 5.92. The van der Waals surface area contributed by atoms with Crippen LogP contribution in [0.2, 0.25) is 0 Å². The van der Waals surface area contributed by atoms with Gasteiger partial charge < -0.3 is 4.90 Å². The van der Waals surface area contributed by atoms with Gasteiger partial charge in [0, 0.05) is 23.9 Å². The van der Waals surface area contributed by atoms with Crippen LogP contribution < -0.4 is 0 Å². The van der Waals surface area contributed by atoms with Gasteiger partial charge in [-0.2, -0.15) is 0 Å². The van der Waals surface area contributed by atoms with E-state index in [1.807, 2.05) is 0 Å². The van der Waals surface area contributed by atoms with Crippen LogP contribution in [0.1, 0.15) is 78.6 Å². The molecule has 1 heterocycles. The SMILES string of the molecule is CC/C=C(\CC)CC1C2=C(CCC=C2)N(CCCC)C2=C1CCC=C2. The number of unbranched alkanes of at least 4 members (excludes halogenated alkanes) is 1. The zero-order valence-corrected chi connectivity index (χ0v) is 16.5. The van der Waals surface area contributed by atoms with Crippen molar-refractivity contribution in [1.29, 1.82) is 0 Å². The summed E-state index contributed by atoms with van der Waals surface area (Å²) in [7, 11) is 0. The van der Waals surface area contributed by atoms with Gasteiger partial charge in [-0.15, -0.1) is 0 Å². The Labute approximate surface area is 154 Å². The van der Waals surface area contributed by atoms with Crippen LogP contribution in [0, 0.1) is 5.92 Å². The molecular formula is C24H35N. The molecule has 0 bridgehead atoms. The topological polar surface area (TPSA) is 3.24 Å². The van der Waals surface area contributed by atoms with Gasteiger partial charge >= 0.3 is 0 Å². The molecule has 0 radical (unpaired) electrons. The van der Waals surface area contributed by atoms with Crippen LogP contribution >= 0.6 is 0 Å². The second-order valence-electron chi connectivity index (χ2n) is 7.58. The van der Waals surface area contributed by atoms with Gasteiger partial charge in [0.25, 0.3) is 0 Å².